The fourth-order valence-corrected chi connectivity index (χ4v) is 2.04. The first kappa shape index (κ1) is 12.6. The van der Waals surface area contributed by atoms with Gasteiger partial charge in [-0.25, -0.2) is 0 Å². The molecule has 0 aliphatic carbocycles. The van der Waals surface area contributed by atoms with E-state index in [9.17, 15) is 4.79 Å². The Balaban J connectivity index is 2.33. The molecule has 0 radical (unpaired) electrons. The Morgan fingerprint density at radius 1 is 1.33 bits per heavy atom. The van der Waals surface area contributed by atoms with Gasteiger partial charge < -0.3 is 0 Å². The van der Waals surface area contributed by atoms with Crippen molar-refractivity contribution in [3.05, 3.63) is 42.1 Å². The van der Waals surface area contributed by atoms with Crippen molar-refractivity contribution in [3.8, 4) is 0 Å². The molecule has 0 atom stereocenters. The lowest BCUT2D eigenvalue weighted by atomic mass is 10.1. The maximum Gasteiger partial charge on any atom is 0.161 e. The molecular formula is C15H18N2O. The van der Waals surface area contributed by atoms with Crippen molar-refractivity contribution in [3.63, 3.8) is 0 Å². The number of hydrogen-bond acceptors (Lipinski definition) is 2. The number of benzene rings is 1. The van der Waals surface area contributed by atoms with Crippen LogP contribution in [0.15, 0.2) is 36.4 Å². The predicted molar refractivity (Wildman–Crippen MR) is 73.5 cm³/mol. The number of para-hydroxylation sites is 1. The summed E-state index contributed by atoms with van der Waals surface area (Å²) < 4.78 is 1.95. The summed E-state index contributed by atoms with van der Waals surface area (Å²) in [5, 5.41) is 5.60. The molecule has 18 heavy (non-hydrogen) atoms. The third-order valence-electron chi connectivity index (χ3n) is 2.92. The van der Waals surface area contributed by atoms with E-state index in [2.05, 4.69) is 12.0 Å². The monoisotopic (exact) mass is 242 g/mol. The van der Waals surface area contributed by atoms with Crippen LogP contribution in [0, 0.1) is 0 Å². The molecule has 0 amide bonds. The topological polar surface area (TPSA) is 34.9 Å². The lowest BCUT2D eigenvalue weighted by Crippen LogP contribution is -2.01. The molecule has 0 aliphatic rings. The normalized spacial score (nSPS) is 11.4. The predicted octanol–water partition coefficient (Wildman–Crippen LogP) is 3.13. The van der Waals surface area contributed by atoms with Crippen LogP contribution < -0.4 is 0 Å². The quantitative estimate of drug-likeness (QED) is 0.755. The van der Waals surface area contributed by atoms with E-state index in [0.29, 0.717) is 6.42 Å². The number of carbonyl (C=O) groups excluding carboxylic acids is 1. The van der Waals surface area contributed by atoms with Gasteiger partial charge in [0.15, 0.2) is 5.78 Å². The lowest BCUT2D eigenvalue weighted by molar-refractivity contribution is -0.114. The second-order valence-corrected chi connectivity index (χ2v) is 4.23. The van der Waals surface area contributed by atoms with Crippen molar-refractivity contribution in [2.24, 2.45) is 0 Å². The van der Waals surface area contributed by atoms with Crippen LogP contribution in [0.2, 0.25) is 0 Å². The molecule has 1 aromatic heterocycles. The van der Waals surface area contributed by atoms with E-state index in [1.807, 2.05) is 41.9 Å². The molecule has 3 heteroatoms. The average molecular weight is 242 g/mol. The molecule has 0 bridgehead atoms. The molecule has 3 nitrogen and oxygen atoms in total. The van der Waals surface area contributed by atoms with E-state index in [0.717, 1.165) is 29.6 Å². The van der Waals surface area contributed by atoms with Crippen molar-refractivity contribution in [1.29, 1.82) is 0 Å². The summed E-state index contributed by atoms with van der Waals surface area (Å²) in [6.45, 7) is 4.90. The van der Waals surface area contributed by atoms with Gasteiger partial charge in [0, 0.05) is 11.9 Å². The lowest BCUT2D eigenvalue weighted by Gasteiger charge is -1.95. The smallest absolute Gasteiger partial charge is 0.161 e. The number of nitrogens with zero attached hydrogens (tertiary/aromatic N) is 2. The number of ketones is 1. The van der Waals surface area contributed by atoms with E-state index in [1.165, 1.54) is 0 Å². The number of aryl methyl sites for hydroxylation is 1. The second-order valence-electron chi connectivity index (χ2n) is 4.23. The van der Waals surface area contributed by atoms with Gasteiger partial charge in [0.1, 0.15) is 0 Å². The molecule has 94 valence electrons. The summed E-state index contributed by atoms with van der Waals surface area (Å²) in [5.74, 6) is 0.114. The number of fused-ring (bicyclic) bond motifs is 1. The minimum atomic E-state index is 0.114. The van der Waals surface area contributed by atoms with Gasteiger partial charge in [0.2, 0.25) is 0 Å². The van der Waals surface area contributed by atoms with Crippen molar-refractivity contribution >= 4 is 16.7 Å². The summed E-state index contributed by atoms with van der Waals surface area (Å²) in [5.41, 5.74) is 1.97. The van der Waals surface area contributed by atoms with Crippen LogP contribution >= 0.6 is 0 Å². The Labute approximate surface area is 107 Å². The van der Waals surface area contributed by atoms with E-state index < -0.39 is 0 Å². The molecule has 0 spiro atoms. The average Bonchev–Trinajstić information content (AvgIpc) is 2.75. The molecule has 0 fully saturated rings. The van der Waals surface area contributed by atoms with E-state index in [4.69, 9.17) is 0 Å². The first-order valence-electron chi connectivity index (χ1n) is 6.40. The number of hydrogen-bond donors (Lipinski definition) is 0. The summed E-state index contributed by atoms with van der Waals surface area (Å²) in [4.78, 5) is 11.8. The highest BCUT2D eigenvalue weighted by atomic mass is 16.1. The van der Waals surface area contributed by atoms with E-state index in [-0.39, 0.29) is 5.78 Å². The number of rotatable bonds is 5. The standard InChI is InChI=1S/C15H18N2O/c1-3-5-8-12(18)11-14-13-9-6-7-10-15(13)17(4-2)16-14/h5-10H,3-4,11H2,1-2H3/b8-5+. The van der Waals surface area contributed by atoms with Gasteiger partial charge in [-0.05, 0) is 25.5 Å². The minimum absolute atomic E-state index is 0.114. The Morgan fingerprint density at radius 2 is 2.11 bits per heavy atom. The van der Waals surface area contributed by atoms with Gasteiger partial charge in [-0.2, -0.15) is 5.10 Å². The molecule has 0 unspecified atom stereocenters. The number of allylic oxidation sites excluding steroid dienone is 2. The van der Waals surface area contributed by atoms with Crippen LogP contribution in [0.4, 0.5) is 0 Å². The molecule has 0 saturated heterocycles. The fourth-order valence-electron chi connectivity index (χ4n) is 2.04. The number of aromatic nitrogens is 2. The first-order chi connectivity index (χ1) is 8.76. The second kappa shape index (κ2) is 5.63. The van der Waals surface area contributed by atoms with E-state index in [1.54, 1.807) is 6.08 Å². The van der Waals surface area contributed by atoms with Gasteiger partial charge in [0.05, 0.1) is 17.6 Å². The van der Waals surface area contributed by atoms with Crippen LogP contribution in [0.5, 0.6) is 0 Å². The summed E-state index contributed by atoms with van der Waals surface area (Å²) in [7, 11) is 0. The van der Waals surface area contributed by atoms with Crippen molar-refractivity contribution < 1.29 is 4.79 Å². The molecule has 0 aliphatic heterocycles. The summed E-state index contributed by atoms with van der Waals surface area (Å²) >= 11 is 0. The molecule has 0 saturated carbocycles. The SMILES string of the molecule is CC/C=C/C(=O)Cc1nn(CC)c2ccccc12. The van der Waals surface area contributed by atoms with Crippen LogP contribution in [0.25, 0.3) is 10.9 Å². The Bertz CT molecular complexity index is 581. The summed E-state index contributed by atoms with van der Waals surface area (Å²) in [6, 6.07) is 8.06. The highest BCUT2D eigenvalue weighted by Gasteiger charge is 2.11. The maximum absolute atomic E-state index is 11.8. The molecule has 2 aromatic rings. The zero-order valence-electron chi connectivity index (χ0n) is 10.9. The van der Waals surface area contributed by atoms with Crippen LogP contribution in [0.3, 0.4) is 0 Å². The number of carbonyl (C=O) groups is 1. The molecule has 2 rings (SSSR count). The Kier molecular flexibility index (Phi) is 3.92. The van der Waals surface area contributed by atoms with Crippen molar-refractivity contribution in [2.75, 3.05) is 0 Å². The summed E-state index contributed by atoms with van der Waals surface area (Å²) in [6.07, 6.45) is 4.81. The van der Waals surface area contributed by atoms with Crippen molar-refractivity contribution in [2.45, 2.75) is 33.2 Å². The zero-order valence-corrected chi connectivity index (χ0v) is 10.9. The van der Waals surface area contributed by atoms with Gasteiger partial charge in [0.25, 0.3) is 0 Å². The largest absolute Gasteiger partial charge is 0.294 e. The maximum atomic E-state index is 11.8. The zero-order chi connectivity index (χ0) is 13.0. The van der Waals surface area contributed by atoms with Crippen molar-refractivity contribution in [1.82, 2.24) is 9.78 Å². The third-order valence-corrected chi connectivity index (χ3v) is 2.92. The highest BCUT2D eigenvalue weighted by molar-refractivity contribution is 5.94. The van der Waals surface area contributed by atoms with Gasteiger partial charge >= 0.3 is 0 Å². The van der Waals surface area contributed by atoms with E-state index >= 15 is 0 Å². The van der Waals surface area contributed by atoms with Crippen LogP contribution in [-0.2, 0) is 17.8 Å². The fraction of sp³-hybridized carbons (Fsp3) is 0.333. The first-order valence-corrected chi connectivity index (χ1v) is 6.40. The minimum Gasteiger partial charge on any atom is -0.294 e. The van der Waals surface area contributed by atoms with Gasteiger partial charge in [-0.3, -0.25) is 9.48 Å². The van der Waals surface area contributed by atoms with Crippen LogP contribution in [-0.4, -0.2) is 15.6 Å². The van der Waals surface area contributed by atoms with Crippen LogP contribution in [0.1, 0.15) is 26.0 Å². The molecular weight excluding hydrogens is 224 g/mol. The Morgan fingerprint density at radius 3 is 2.83 bits per heavy atom. The molecule has 1 aromatic carbocycles. The molecule has 1 heterocycles. The third kappa shape index (κ3) is 2.50. The van der Waals surface area contributed by atoms with Gasteiger partial charge in [-0.1, -0.05) is 31.2 Å². The highest BCUT2D eigenvalue weighted by Crippen LogP contribution is 2.19. The molecule has 0 N–H and O–H groups in total. The Hall–Kier alpha value is -1.90. The van der Waals surface area contributed by atoms with Gasteiger partial charge in [-0.15, -0.1) is 0 Å².